The second-order valence-electron chi connectivity index (χ2n) is 10.8. The van der Waals surface area contributed by atoms with Crippen LogP contribution in [0.25, 0.3) is 0 Å². The Bertz CT molecular complexity index is 1360. The molecule has 7 heteroatoms. The number of nitrogens with one attached hydrogen (secondary N) is 1. The van der Waals surface area contributed by atoms with E-state index in [1.807, 2.05) is 84.9 Å². The number of ether oxygens (including phenoxy) is 5. The van der Waals surface area contributed by atoms with Crippen LogP contribution >= 0.6 is 0 Å². The number of benzene rings is 4. The first-order chi connectivity index (χ1) is 20.7. The highest BCUT2D eigenvalue weighted by Gasteiger charge is 2.67. The second-order valence-corrected chi connectivity index (χ2v) is 10.8. The molecule has 6 rings (SSSR count). The van der Waals surface area contributed by atoms with E-state index >= 15 is 0 Å². The summed E-state index contributed by atoms with van der Waals surface area (Å²) >= 11 is 0. The van der Waals surface area contributed by atoms with Crippen LogP contribution in [0.15, 0.2) is 121 Å². The van der Waals surface area contributed by atoms with E-state index in [4.69, 9.17) is 23.7 Å². The lowest BCUT2D eigenvalue weighted by molar-refractivity contribution is -0.293. The molecule has 2 aliphatic rings. The van der Waals surface area contributed by atoms with Crippen LogP contribution in [0.1, 0.15) is 22.3 Å². The fraction of sp³-hybridized carbons (Fsp3) is 0.314. The van der Waals surface area contributed by atoms with Crippen molar-refractivity contribution in [3.63, 3.8) is 0 Å². The first kappa shape index (κ1) is 28.7. The number of rotatable bonds is 13. The average molecular weight is 567 g/mol. The summed E-state index contributed by atoms with van der Waals surface area (Å²) in [6.07, 6.45) is -1.79. The van der Waals surface area contributed by atoms with Crippen LogP contribution in [0.2, 0.25) is 0 Å². The van der Waals surface area contributed by atoms with Gasteiger partial charge >= 0.3 is 0 Å². The summed E-state index contributed by atoms with van der Waals surface area (Å²) in [5.41, 5.74) is 7.72. The molecule has 0 aliphatic carbocycles. The van der Waals surface area contributed by atoms with Crippen molar-refractivity contribution in [2.75, 3.05) is 13.7 Å². The lowest BCUT2D eigenvalue weighted by atomic mass is 9.95. The van der Waals surface area contributed by atoms with Gasteiger partial charge in [-0.1, -0.05) is 121 Å². The van der Waals surface area contributed by atoms with Crippen molar-refractivity contribution >= 4 is 0 Å². The molecular formula is C35H38N2O5. The fourth-order valence-electron chi connectivity index (χ4n) is 5.43. The molecule has 2 aliphatic heterocycles. The minimum absolute atomic E-state index is 0.336. The maximum atomic E-state index is 6.78. The summed E-state index contributed by atoms with van der Waals surface area (Å²) in [6, 6.07) is 40.7. The molecule has 218 valence electrons. The van der Waals surface area contributed by atoms with Crippen molar-refractivity contribution in [3.8, 4) is 0 Å². The van der Waals surface area contributed by atoms with E-state index in [0.717, 1.165) is 22.3 Å². The van der Waals surface area contributed by atoms with Gasteiger partial charge in [0.15, 0.2) is 0 Å². The van der Waals surface area contributed by atoms with E-state index in [0.29, 0.717) is 33.0 Å². The Kier molecular flexibility index (Phi) is 9.37. The van der Waals surface area contributed by atoms with Crippen LogP contribution < -0.4 is 5.43 Å². The molecule has 7 nitrogen and oxygen atoms in total. The van der Waals surface area contributed by atoms with Crippen molar-refractivity contribution in [1.29, 1.82) is 0 Å². The zero-order valence-corrected chi connectivity index (χ0v) is 23.9. The van der Waals surface area contributed by atoms with Gasteiger partial charge in [0.1, 0.15) is 24.4 Å². The molecule has 1 unspecified atom stereocenters. The molecule has 0 aromatic heterocycles. The summed E-state index contributed by atoms with van der Waals surface area (Å²) in [7, 11) is 1.96. The van der Waals surface area contributed by atoms with E-state index in [2.05, 4.69) is 54.0 Å². The van der Waals surface area contributed by atoms with Gasteiger partial charge in [-0.15, -0.1) is 0 Å². The number of hydrogen-bond acceptors (Lipinski definition) is 7. The monoisotopic (exact) mass is 566 g/mol. The van der Waals surface area contributed by atoms with Gasteiger partial charge < -0.3 is 23.7 Å². The predicted molar refractivity (Wildman–Crippen MR) is 160 cm³/mol. The van der Waals surface area contributed by atoms with Crippen molar-refractivity contribution < 1.29 is 23.7 Å². The Morgan fingerprint density at radius 3 is 1.45 bits per heavy atom. The third-order valence-electron chi connectivity index (χ3n) is 7.72. The topological polar surface area (TPSA) is 71.1 Å². The van der Waals surface area contributed by atoms with Gasteiger partial charge in [0.05, 0.1) is 33.0 Å². The number of hydrazine groups is 1. The lowest BCUT2D eigenvalue weighted by Crippen LogP contribution is -2.64. The molecule has 42 heavy (non-hydrogen) atoms. The first-order valence-electron chi connectivity index (χ1n) is 14.5. The summed E-state index contributed by atoms with van der Waals surface area (Å²) < 4.78 is 33.1. The van der Waals surface area contributed by atoms with Crippen LogP contribution in [-0.4, -0.2) is 48.9 Å². The third kappa shape index (κ3) is 6.97. The normalized spacial score (nSPS) is 26.7. The van der Waals surface area contributed by atoms with Gasteiger partial charge in [0.2, 0.25) is 5.85 Å². The largest absolute Gasteiger partial charge is 0.374 e. The van der Waals surface area contributed by atoms with E-state index in [-0.39, 0.29) is 0 Å². The van der Waals surface area contributed by atoms with Gasteiger partial charge in [-0.25, -0.2) is 5.43 Å². The molecule has 0 amide bonds. The highest BCUT2D eigenvalue weighted by Crippen LogP contribution is 2.42. The molecule has 1 spiro atoms. The van der Waals surface area contributed by atoms with Gasteiger partial charge in [-0.2, -0.15) is 5.01 Å². The fourth-order valence-corrected chi connectivity index (χ4v) is 5.43. The molecule has 4 aromatic carbocycles. The molecule has 0 saturated carbocycles. The van der Waals surface area contributed by atoms with E-state index in [1.165, 1.54) is 0 Å². The second kappa shape index (κ2) is 13.7. The molecule has 2 heterocycles. The highest BCUT2D eigenvalue weighted by atomic mass is 16.7. The quantitative estimate of drug-likeness (QED) is 0.216. The van der Waals surface area contributed by atoms with Gasteiger partial charge in [0.25, 0.3) is 0 Å². The van der Waals surface area contributed by atoms with E-state index < -0.39 is 30.3 Å². The first-order valence-corrected chi connectivity index (χ1v) is 14.5. The summed E-state index contributed by atoms with van der Waals surface area (Å²) in [5.74, 6) is -0.858. The molecule has 2 fully saturated rings. The minimum Gasteiger partial charge on any atom is -0.374 e. The molecule has 0 bridgehead atoms. The van der Waals surface area contributed by atoms with Crippen LogP contribution in [0.3, 0.4) is 0 Å². The zero-order valence-electron chi connectivity index (χ0n) is 23.9. The number of nitrogens with zero attached hydrogens (tertiary/aromatic N) is 1. The average Bonchev–Trinajstić information content (AvgIpc) is 3.69. The van der Waals surface area contributed by atoms with Crippen molar-refractivity contribution in [2.24, 2.45) is 0 Å². The van der Waals surface area contributed by atoms with Crippen LogP contribution in [0.5, 0.6) is 0 Å². The van der Waals surface area contributed by atoms with Crippen LogP contribution in [0, 0.1) is 0 Å². The minimum atomic E-state index is -0.858. The summed E-state index contributed by atoms with van der Waals surface area (Å²) in [6.45, 7) is 2.06. The Morgan fingerprint density at radius 2 is 1.00 bits per heavy atom. The Balaban J connectivity index is 1.27. The Labute approximate surface area is 247 Å². The van der Waals surface area contributed by atoms with Crippen LogP contribution in [-0.2, 0) is 50.1 Å². The molecule has 0 radical (unpaired) electrons. The summed E-state index contributed by atoms with van der Waals surface area (Å²) in [4.78, 5) is 0. The van der Waals surface area contributed by atoms with Crippen molar-refractivity contribution in [2.45, 2.75) is 56.7 Å². The van der Waals surface area contributed by atoms with Crippen molar-refractivity contribution in [3.05, 3.63) is 144 Å². The van der Waals surface area contributed by atoms with Gasteiger partial charge in [-0.3, -0.25) is 0 Å². The van der Waals surface area contributed by atoms with E-state index in [9.17, 15) is 0 Å². The Hall–Kier alpha value is -3.40. The molecular weight excluding hydrogens is 528 g/mol. The third-order valence-corrected chi connectivity index (χ3v) is 7.72. The number of hydrogen-bond donors (Lipinski definition) is 1. The molecule has 6 atom stereocenters. The van der Waals surface area contributed by atoms with Crippen molar-refractivity contribution in [1.82, 2.24) is 10.4 Å². The van der Waals surface area contributed by atoms with Gasteiger partial charge in [0, 0.05) is 7.05 Å². The Morgan fingerprint density at radius 1 is 0.595 bits per heavy atom. The summed E-state index contributed by atoms with van der Waals surface area (Å²) in [5, 5.41) is 1.94. The number of likely N-dealkylation sites (N-methyl/N-ethyl adjacent to an activating group) is 1. The lowest BCUT2D eigenvalue weighted by Gasteiger charge is -2.45. The SMILES string of the molecule is CN1N[C@]12O[C@H](COCc1ccccc1)[C@@H](OCc1ccccc1)[C@H](OCc1ccccc1)[C@H]2OCc1ccccc1. The molecule has 1 N–H and O–H groups in total. The predicted octanol–water partition coefficient (Wildman–Crippen LogP) is 5.46. The zero-order chi connectivity index (χ0) is 28.6. The maximum Gasteiger partial charge on any atom is 0.233 e. The standard InChI is InChI=1S/C35H38N2O5/c1-37-35(36-37)34(41-25-30-20-12-5-13-21-30)33(40-24-29-18-10-4-11-19-29)32(39-23-28-16-8-3-9-17-28)31(42-35)26-38-22-27-14-6-2-7-15-27/h2-21,31-34,36H,22-26H2,1H3/t31-,32-,33+,34-,35+,37?/m1/s1. The van der Waals surface area contributed by atoms with Gasteiger partial charge in [-0.05, 0) is 22.3 Å². The smallest absolute Gasteiger partial charge is 0.233 e. The van der Waals surface area contributed by atoms with E-state index in [1.54, 1.807) is 0 Å². The molecule has 4 aromatic rings. The highest BCUT2D eigenvalue weighted by molar-refractivity contribution is 5.17. The van der Waals surface area contributed by atoms with Crippen LogP contribution in [0.4, 0.5) is 0 Å². The maximum absolute atomic E-state index is 6.78. The molecule has 2 saturated heterocycles.